The average molecular weight is 391 g/mol. The van der Waals surface area contributed by atoms with E-state index in [-0.39, 0.29) is 6.61 Å². The summed E-state index contributed by atoms with van der Waals surface area (Å²) in [5, 5.41) is 4.74. The number of hydrazone groups is 1. The van der Waals surface area contributed by atoms with E-state index < -0.39 is 11.9 Å². The van der Waals surface area contributed by atoms with Crippen LogP contribution in [0.2, 0.25) is 5.02 Å². The van der Waals surface area contributed by atoms with E-state index >= 15 is 0 Å². The van der Waals surface area contributed by atoms with Crippen molar-refractivity contribution in [2.45, 2.75) is 12.7 Å². The first kappa shape index (κ1) is 20.0. The zero-order chi connectivity index (χ0) is 18.9. The highest BCUT2D eigenvalue weighted by molar-refractivity contribution is 7.97. The fraction of sp³-hybridized carbons (Fsp3) is 0.211. The predicted octanol–water partition coefficient (Wildman–Crippen LogP) is 3.63. The van der Waals surface area contributed by atoms with Gasteiger partial charge in [0.1, 0.15) is 0 Å². The van der Waals surface area contributed by atoms with Gasteiger partial charge in [-0.25, -0.2) is 10.2 Å². The van der Waals surface area contributed by atoms with Crippen LogP contribution in [0.5, 0.6) is 0 Å². The van der Waals surface area contributed by atoms with Gasteiger partial charge < -0.3 is 4.74 Å². The average Bonchev–Trinajstić information content (AvgIpc) is 2.64. The van der Waals surface area contributed by atoms with Crippen molar-refractivity contribution >= 4 is 41.0 Å². The number of nitrogens with one attached hydrogen (secondary N) is 1. The van der Waals surface area contributed by atoms with Crippen LogP contribution in [0.3, 0.4) is 0 Å². The number of carbonyl (C=O) groups excluding carboxylic acids is 2. The third-order valence-corrected chi connectivity index (χ3v) is 4.26. The lowest BCUT2D eigenvalue weighted by molar-refractivity contribution is -0.154. The normalized spacial score (nSPS) is 11.1. The van der Waals surface area contributed by atoms with Crippen LogP contribution >= 0.6 is 23.4 Å². The van der Waals surface area contributed by atoms with Crippen LogP contribution < -0.4 is 5.43 Å². The summed E-state index contributed by atoms with van der Waals surface area (Å²) in [7, 11) is 0. The molecule has 0 unspecified atom stereocenters. The van der Waals surface area contributed by atoms with Crippen molar-refractivity contribution in [1.82, 2.24) is 5.43 Å². The summed E-state index contributed by atoms with van der Waals surface area (Å²) in [6, 6.07) is 14.9. The topological polar surface area (TPSA) is 67.8 Å². The standard InChI is InChI=1S/C19H19ClN2O3S/c1-3-25-19(24)18(23)22-21-17(15-8-10-16(20)11-9-15)14-6-4-13(5-7-14)12-26-2/h4-11H,3,12H2,1-2H3,(H,22,23)/b21-17+. The molecule has 0 aliphatic rings. The van der Waals surface area contributed by atoms with Crippen LogP contribution in [0.4, 0.5) is 0 Å². The van der Waals surface area contributed by atoms with Gasteiger partial charge in [-0.05, 0) is 30.9 Å². The maximum atomic E-state index is 11.8. The van der Waals surface area contributed by atoms with Gasteiger partial charge in [0.25, 0.3) is 0 Å². The zero-order valence-corrected chi connectivity index (χ0v) is 16.1. The number of hydrogen-bond acceptors (Lipinski definition) is 5. The molecule has 0 aliphatic carbocycles. The molecule has 0 radical (unpaired) electrons. The smallest absolute Gasteiger partial charge is 0.398 e. The van der Waals surface area contributed by atoms with Gasteiger partial charge in [-0.2, -0.15) is 16.9 Å². The van der Waals surface area contributed by atoms with Gasteiger partial charge in [-0.15, -0.1) is 0 Å². The van der Waals surface area contributed by atoms with E-state index in [1.807, 2.05) is 30.5 Å². The Morgan fingerprint density at radius 1 is 1.08 bits per heavy atom. The number of amides is 1. The van der Waals surface area contributed by atoms with Crippen LogP contribution in [-0.4, -0.2) is 30.5 Å². The molecule has 5 nitrogen and oxygen atoms in total. The summed E-state index contributed by atoms with van der Waals surface area (Å²) in [5.74, 6) is -0.979. The Morgan fingerprint density at radius 2 is 1.65 bits per heavy atom. The molecule has 0 fully saturated rings. The van der Waals surface area contributed by atoms with E-state index in [4.69, 9.17) is 11.6 Å². The first-order valence-electron chi connectivity index (χ1n) is 7.94. The molecule has 2 aromatic carbocycles. The van der Waals surface area contributed by atoms with Crippen molar-refractivity contribution < 1.29 is 14.3 Å². The summed E-state index contributed by atoms with van der Waals surface area (Å²) in [4.78, 5) is 23.2. The molecule has 0 atom stereocenters. The molecule has 136 valence electrons. The second-order valence-corrected chi connectivity index (χ2v) is 6.56. The Kier molecular flexibility index (Phi) is 7.69. The highest BCUT2D eigenvalue weighted by Crippen LogP contribution is 2.17. The molecule has 0 saturated carbocycles. The second-order valence-electron chi connectivity index (χ2n) is 5.26. The minimum atomic E-state index is -0.970. The van der Waals surface area contributed by atoms with Crippen molar-refractivity contribution in [2.75, 3.05) is 12.9 Å². The number of halogens is 1. The molecular weight excluding hydrogens is 372 g/mol. The highest BCUT2D eigenvalue weighted by Gasteiger charge is 2.15. The molecule has 2 aromatic rings. The van der Waals surface area contributed by atoms with Crippen LogP contribution in [0.15, 0.2) is 53.6 Å². The lowest BCUT2D eigenvalue weighted by atomic mass is 10.0. The molecule has 0 aliphatic heterocycles. The van der Waals surface area contributed by atoms with Crippen LogP contribution in [-0.2, 0) is 20.1 Å². The molecule has 1 amide bonds. The predicted molar refractivity (Wildman–Crippen MR) is 106 cm³/mol. The zero-order valence-electron chi connectivity index (χ0n) is 14.5. The molecule has 0 bridgehead atoms. The summed E-state index contributed by atoms with van der Waals surface area (Å²) < 4.78 is 4.67. The van der Waals surface area contributed by atoms with Crippen molar-refractivity contribution in [2.24, 2.45) is 5.10 Å². The molecule has 0 heterocycles. The number of hydrogen-bond donors (Lipinski definition) is 1. The minimum Gasteiger partial charge on any atom is -0.459 e. The lowest BCUT2D eigenvalue weighted by Gasteiger charge is -2.09. The number of carbonyl (C=O) groups is 2. The number of benzene rings is 2. The van der Waals surface area contributed by atoms with Crippen molar-refractivity contribution in [3.63, 3.8) is 0 Å². The number of ether oxygens (including phenoxy) is 1. The second kappa shape index (κ2) is 9.99. The van der Waals surface area contributed by atoms with Gasteiger partial charge >= 0.3 is 11.9 Å². The van der Waals surface area contributed by atoms with Gasteiger partial charge in [-0.3, -0.25) is 4.79 Å². The number of esters is 1. The molecule has 0 spiro atoms. The maximum absolute atomic E-state index is 11.8. The van der Waals surface area contributed by atoms with Crippen molar-refractivity contribution in [3.05, 3.63) is 70.2 Å². The first-order valence-corrected chi connectivity index (χ1v) is 9.71. The fourth-order valence-corrected chi connectivity index (χ4v) is 2.83. The van der Waals surface area contributed by atoms with E-state index in [0.29, 0.717) is 10.7 Å². The summed E-state index contributed by atoms with van der Waals surface area (Å²) in [6.07, 6.45) is 2.04. The van der Waals surface area contributed by atoms with E-state index in [1.54, 1.807) is 43.0 Å². The maximum Gasteiger partial charge on any atom is 0.398 e. The molecular formula is C19H19ClN2O3S. The first-order chi connectivity index (χ1) is 12.5. The number of thioether (sulfide) groups is 1. The quantitative estimate of drug-likeness (QED) is 0.354. The van der Waals surface area contributed by atoms with E-state index in [1.165, 1.54) is 5.56 Å². The molecule has 1 N–H and O–H groups in total. The van der Waals surface area contributed by atoms with Gasteiger partial charge in [0.05, 0.1) is 12.3 Å². The number of rotatable bonds is 6. The Morgan fingerprint density at radius 3 is 2.19 bits per heavy atom. The fourth-order valence-electron chi connectivity index (χ4n) is 2.18. The van der Waals surface area contributed by atoms with Crippen LogP contribution in [0.25, 0.3) is 0 Å². The van der Waals surface area contributed by atoms with E-state index in [9.17, 15) is 9.59 Å². The van der Waals surface area contributed by atoms with Crippen molar-refractivity contribution in [1.29, 1.82) is 0 Å². The largest absolute Gasteiger partial charge is 0.459 e. The highest BCUT2D eigenvalue weighted by atomic mass is 35.5. The Hall–Kier alpha value is -2.31. The van der Waals surface area contributed by atoms with E-state index in [0.717, 1.165) is 16.9 Å². The summed E-state index contributed by atoms with van der Waals surface area (Å²) in [5.41, 5.74) is 5.53. The van der Waals surface area contributed by atoms with Gasteiger partial charge in [0.2, 0.25) is 0 Å². The molecule has 0 saturated heterocycles. The SMILES string of the molecule is CCOC(=O)C(=O)N/N=C(/c1ccc(Cl)cc1)c1ccc(CSC)cc1. The molecule has 0 aromatic heterocycles. The lowest BCUT2D eigenvalue weighted by Crippen LogP contribution is -2.30. The van der Waals surface area contributed by atoms with E-state index in [2.05, 4.69) is 15.3 Å². The Labute approximate surface area is 161 Å². The minimum absolute atomic E-state index is 0.122. The van der Waals surface area contributed by atoms with Gasteiger partial charge in [0, 0.05) is 21.9 Å². The third kappa shape index (κ3) is 5.61. The van der Waals surface area contributed by atoms with Gasteiger partial charge in [0.15, 0.2) is 0 Å². The van der Waals surface area contributed by atoms with Crippen molar-refractivity contribution in [3.8, 4) is 0 Å². The summed E-state index contributed by atoms with van der Waals surface area (Å²) >= 11 is 7.68. The third-order valence-electron chi connectivity index (χ3n) is 3.39. The number of nitrogens with zero attached hydrogens (tertiary/aromatic N) is 1. The van der Waals surface area contributed by atoms with Gasteiger partial charge in [-0.1, -0.05) is 48.0 Å². The van der Waals surface area contributed by atoms with Crippen LogP contribution in [0.1, 0.15) is 23.6 Å². The van der Waals surface area contributed by atoms with Crippen LogP contribution in [0, 0.1) is 0 Å². The Balaban J connectivity index is 2.32. The molecule has 2 rings (SSSR count). The molecule has 7 heteroatoms. The Bertz CT molecular complexity index is 789. The monoisotopic (exact) mass is 390 g/mol. The summed E-state index contributed by atoms with van der Waals surface area (Å²) in [6.45, 7) is 1.75. The molecule has 26 heavy (non-hydrogen) atoms.